The Hall–Kier alpha value is -0.800. The largest absolute Gasteiger partial charge is 0.467 e. The third-order valence-electron chi connectivity index (χ3n) is 4.07. The molecular formula is C14H23NO2. The van der Waals surface area contributed by atoms with Crippen LogP contribution < -0.4 is 5.32 Å². The molecule has 0 bridgehead atoms. The summed E-state index contributed by atoms with van der Waals surface area (Å²) in [4.78, 5) is 0. The third-order valence-corrected chi connectivity index (χ3v) is 4.07. The van der Waals surface area contributed by atoms with Crippen LogP contribution in [0, 0.1) is 11.8 Å². The van der Waals surface area contributed by atoms with Crippen molar-refractivity contribution in [3.63, 3.8) is 0 Å². The average molecular weight is 237 g/mol. The molecule has 0 spiro atoms. The molecule has 1 aromatic rings. The zero-order chi connectivity index (χ0) is 12.3. The van der Waals surface area contributed by atoms with E-state index in [4.69, 9.17) is 4.42 Å². The van der Waals surface area contributed by atoms with Crippen LogP contribution in [0.15, 0.2) is 22.8 Å². The van der Waals surface area contributed by atoms with Gasteiger partial charge in [-0.15, -0.1) is 0 Å². The lowest BCUT2D eigenvalue weighted by Crippen LogP contribution is -2.38. The molecule has 0 saturated heterocycles. The highest BCUT2D eigenvalue weighted by Gasteiger charge is 2.24. The van der Waals surface area contributed by atoms with E-state index < -0.39 is 6.10 Å². The second-order valence-electron chi connectivity index (χ2n) is 5.40. The molecular weight excluding hydrogens is 214 g/mol. The normalized spacial score (nSPS) is 31.4. The van der Waals surface area contributed by atoms with Crippen molar-refractivity contribution in [1.29, 1.82) is 0 Å². The quantitative estimate of drug-likeness (QED) is 0.846. The van der Waals surface area contributed by atoms with Gasteiger partial charge in [-0.05, 0) is 43.2 Å². The van der Waals surface area contributed by atoms with Gasteiger partial charge in [0.25, 0.3) is 0 Å². The van der Waals surface area contributed by atoms with Gasteiger partial charge in [0.15, 0.2) is 0 Å². The SMILES string of the molecule is CC1CCC(NCC(O)c2ccco2)CC1C. The molecule has 96 valence electrons. The van der Waals surface area contributed by atoms with Gasteiger partial charge in [0.05, 0.1) is 6.26 Å². The summed E-state index contributed by atoms with van der Waals surface area (Å²) in [6, 6.07) is 4.17. The van der Waals surface area contributed by atoms with Crippen LogP contribution in [0.25, 0.3) is 0 Å². The maximum absolute atomic E-state index is 9.90. The zero-order valence-corrected chi connectivity index (χ0v) is 10.7. The molecule has 2 rings (SSSR count). The summed E-state index contributed by atoms with van der Waals surface area (Å²) in [5.74, 6) is 2.26. The van der Waals surface area contributed by atoms with Crippen LogP contribution >= 0.6 is 0 Å². The molecule has 1 aliphatic rings. The molecule has 0 aliphatic heterocycles. The second kappa shape index (κ2) is 5.69. The number of aliphatic hydroxyl groups is 1. The monoisotopic (exact) mass is 237 g/mol. The molecule has 0 aromatic carbocycles. The van der Waals surface area contributed by atoms with Crippen molar-refractivity contribution < 1.29 is 9.52 Å². The van der Waals surface area contributed by atoms with Crippen molar-refractivity contribution >= 4 is 0 Å². The van der Waals surface area contributed by atoms with Crippen LogP contribution in [-0.4, -0.2) is 17.7 Å². The molecule has 0 amide bonds. The van der Waals surface area contributed by atoms with Gasteiger partial charge in [0, 0.05) is 12.6 Å². The minimum Gasteiger partial charge on any atom is -0.467 e. The maximum Gasteiger partial charge on any atom is 0.133 e. The van der Waals surface area contributed by atoms with Crippen molar-refractivity contribution in [2.75, 3.05) is 6.54 Å². The highest BCUT2D eigenvalue weighted by molar-refractivity contribution is 5.02. The summed E-state index contributed by atoms with van der Waals surface area (Å²) in [7, 11) is 0. The zero-order valence-electron chi connectivity index (χ0n) is 10.7. The van der Waals surface area contributed by atoms with E-state index in [-0.39, 0.29) is 0 Å². The second-order valence-corrected chi connectivity index (χ2v) is 5.40. The molecule has 4 unspecified atom stereocenters. The fourth-order valence-corrected chi connectivity index (χ4v) is 2.59. The van der Waals surface area contributed by atoms with Gasteiger partial charge < -0.3 is 14.8 Å². The van der Waals surface area contributed by atoms with Crippen LogP contribution in [0.2, 0.25) is 0 Å². The smallest absolute Gasteiger partial charge is 0.133 e. The number of rotatable bonds is 4. The Bertz CT molecular complexity index is 323. The van der Waals surface area contributed by atoms with Gasteiger partial charge in [-0.3, -0.25) is 0 Å². The predicted molar refractivity (Wildman–Crippen MR) is 67.6 cm³/mol. The van der Waals surface area contributed by atoms with E-state index in [1.807, 2.05) is 12.1 Å². The Morgan fingerprint density at radius 3 is 2.88 bits per heavy atom. The van der Waals surface area contributed by atoms with Crippen molar-refractivity contribution in [2.24, 2.45) is 11.8 Å². The summed E-state index contributed by atoms with van der Waals surface area (Å²) >= 11 is 0. The van der Waals surface area contributed by atoms with Crippen LogP contribution in [0.5, 0.6) is 0 Å². The standard InChI is InChI=1S/C14H23NO2/c1-10-5-6-12(8-11(10)2)15-9-13(16)14-4-3-7-17-14/h3-4,7,10-13,15-16H,5-6,8-9H2,1-2H3. The van der Waals surface area contributed by atoms with Gasteiger partial charge in [-0.25, -0.2) is 0 Å². The highest BCUT2D eigenvalue weighted by atomic mass is 16.4. The lowest BCUT2D eigenvalue weighted by atomic mass is 9.79. The van der Waals surface area contributed by atoms with Crippen molar-refractivity contribution in [3.05, 3.63) is 24.2 Å². The first-order valence-corrected chi connectivity index (χ1v) is 6.61. The predicted octanol–water partition coefficient (Wildman–Crippen LogP) is 2.73. The van der Waals surface area contributed by atoms with E-state index in [0.29, 0.717) is 18.3 Å². The van der Waals surface area contributed by atoms with E-state index in [1.165, 1.54) is 19.3 Å². The third kappa shape index (κ3) is 3.33. The molecule has 2 N–H and O–H groups in total. The van der Waals surface area contributed by atoms with Crippen molar-refractivity contribution in [3.8, 4) is 0 Å². The Morgan fingerprint density at radius 1 is 1.41 bits per heavy atom. The number of furan rings is 1. The van der Waals surface area contributed by atoms with E-state index in [0.717, 1.165) is 11.8 Å². The number of nitrogens with one attached hydrogen (secondary N) is 1. The Balaban J connectivity index is 1.75. The topological polar surface area (TPSA) is 45.4 Å². The fraction of sp³-hybridized carbons (Fsp3) is 0.714. The lowest BCUT2D eigenvalue weighted by molar-refractivity contribution is 0.133. The molecule has 0 radical (unpaired) electrons. The Morgan fingerprint density at radius 2 is 2.24 bits per heavy atom. The maximum atomic E-state index is 9.90. The van der Waals surface area contributed by atoms with Crippen LogP contribution in [0.1, 0.15) is 45.0 Å². The first-order chi connectivity index (χ1) is 8.16. The van der Waals surface area contributed by atoms with Crippen molar-refractivity contribution in [2.45, 2.75) is 45.3 Å². The van der Waals surface area contributed by atoms with Gasteiger partial charge in [0.2, 0.25) is 0 Å². The van der Waals surface area contributed by atoms with Gasteiger partial charge in [0.1, 0.15) is 11.9 Å². The first-order valence-electron chi connectivity index (χ1n) is 6.61. The molecule has 4 atom stereocenters. The number of aliphatic hydroxyl groups excluding tert-OH is 1. The first kappa shape index (κ1) is 12.7. The van der Waals surface area contributed by atoms with E-state index in [1.54, 1.807) is 6.26 Å². The molecule has 1 aromatic heterocycles. The molecule has 17 heavy (non-hydrogen) atoms. The fourth-order valence-electron chi connectivity index (χ4n) is 2.59. The van der Waals surface area contributed by atoms with Crippen LogP contribution in [0.3, 0.4) is 0 Å². The Labute approximate surface area is 103 Å². The van der Waals surface area contributed by atoms with E-state index >= 15 is 0 Å². The van der Waals surface area contributed by atoms with E-state index in [2.05, 4.69) is 19.2 Å². The highest BCUT2D eigenvalue weighted by Crippen LogP contribution is 2.29. The molecule has 1 saturated carbocycles. The summed E-state index contributed by atoms with van der Waals surface area (Å²) in [6.07, 6.45) is 4.79. The summed E-state index contributed by atoms with van der Waals surface area (Å²) in [6.45, 7) is 5.24. The minimum atomic E-state index is -0.528. The number of hydrogen-bond acceptors (Lipinski definition) is 3. The molecule has 1 aliphatic carbocycles. The molecule has 1 heterocycles. The van der Waals surface area contributed by atoms with Crippen LogP contribution in [-0.2, 0) is 0 Å². The van der Waals surface area contributed by atoms with Gasteiger partial charge in [-0.1, -0.05) is 13.8 Å². The molecule has 1 fully saturated rings. The summed E-state index contributed by atoms with van der Waals surface area (Å²) in [5, 5.41) is 13.4. The van der Waals surface area contributed by atoms with Crippen molar-refractivity contribution in [1.82, 2.24) is 5.32 Å². The van der Waals surface area contributed by atoms with Gasteiger partial charge >= 0.3 is 0 Å². The average Bonchev–Trinajstić information content (AvgIpc) is 2.84. The lowest BCUT2D eigenvalue weighted by Gasteiger charge is -2.33. The van der Waals surface area contributed by atoms with Gasteiger partial charge in [-0.2, -0.15) is 0 Å². The number of hydrogen-bond donors (Lipinski definition) is 2. The van der Waals surface area contributed by atoms with E-state index in [9.17, 15) is 5.11 Å². The molecule has 3 heteroatoms. The molecule has 3 nitrogen and oxygen atoms in total. The summed E-state index contributed by atoms with van der Waals surface area (Å²) in [5.41, 5.74) is 0. The summed E-state index contributed by atoms with van der Waals surface area (Å²) < 4.78 is 5.18. The minimum absolute atomic E-state index is 0.528. The van der Waals surface area contributed by atoms with Crippen LogP contribution in [0.4, 0.5) is 0 Å². The Kier molecular flexibility index (Phi) is 4.24.